The van der Waals surface area contributed by atoms with Crippen LogP contribution in [0.4, 0.5) is 0 Å². The summed E-state index contributed by atoms with van der Waals surface area (Å²) in [6, 6.07) is 9.00. The Bertz CT molecular complexity index is 1830. The molecule has 2 aliphatic heterocycles. The molecule has 1 fully saturated rings. The van der Waals surface area contributed by atoms with Crippen molar-refractivity contribution >= 4 is 32.7 Å². The molecule has 0 saturated carbocycles. The Morgan fingerprint density at radius 2 is 1.59 bits per heavy atom. The van der Waals surface area contributed by atoms with Gasteiger partial charge in [-0.05, 0) is 48.8 Å². The van der Waals surface area contributed by atoms with Crippen LogP contribution in [0, 0.1) is 6.92 Å². The van der Waals surface area contributed by atoms with Crippen LogP contribution in [0.15, 0.2) is 57.2 Å². The zero-order valence-electron chi connectivity index (χ0n) is 30.4. The molecule has 4 atom stereocenters. The Hall–Kier alpha value is -2.87. The Morgan fingerprint density at radius 3 is 2.12 bits per heavy atom. The molecule has 0 aliphatic carbocycles. The minimum Gasteiger partial charge on any atom is -0.459 e. The number of ether oxygens (including phenoxy) is 2. The zero-order chi connectivity index (χ0) is 37.0. The van der Waals surface area contributed by atoms with Crippen LogP contribution in [0.3, 0.4) is 0 Å². The standard InChI is InChI=1S/C33H51N3O10SSi2/c1-22-17-36(30(39)35(28(22)38)18-26(37)42-19-23-15-13-12-14-16-23)29-27(45-49(10,11)32(5,6)7)33(24(34)21-47(40,41)46-33)25(44-29)20-43-48(8,9)31(2,3)4/h12-17,21,25,27,29H,18-20,34H2,1-11H3. The molecule has 2 aliphatic rings. The number of carbonyl (C=O) groups excluding carboxylic acids is 1. The van der Waals surface area contributed by atoms with Gasteiger partial charge in [-0.25, -0.2) is 13.5 Å². The van der Waals surface area contributed by atoms with Crippen LogP contribution < -0.4 is 17.0 Å². The van der Waals surface area contributed by atoms with E-state index >= 15 is 0 Å². The average molecular weight is 738 g/mol. The number of aromatic nitrogens is 2. The number of nitrogens with zero attached hydrogens (tertiary/aromatic N) is 2. The van der Waals surface area contributed by atoms with Crippen molar-refractivity contribution in [2.45, 2.75) is 122 Å². The molecule has 16 heteroatoms. The fourth-order valence-electron chi connectivity index (χ4n) is 5.21. The van der Waals surface area contributed by atoms with Crippen molar-refractivity contribution in [3.05, 3.63) is 79.6 Å². The van der Waals surface area contributed by atoms with Gasteiger partial charge in [0.2, 0.25) is 0 Å². The van der Waals surface area contributed by atoms with Crippen LogP contribution in [0.25, 0.3) is 0 Å². The van der Waals surface area contributed by atoms with Crippen molar-refractivity contribution in [1.82, 2.24) is 9.13 Å². The number of hydrogen-bond acceptors (Lipinski definition) is 11. The Balaban J connectivity index is 1.85. The van der Waals surface area contributed by atoms with E-state index in [9.17, 15) is 22.8 Å². The van der Waals surface area contributed by atoms with E-state index in [-0.39, 0.29) is 34.6 Å². The predicted octanol–water partition coefficient (Wildman–Crippen LogP) is 4.27. The lowest BCUT2D eigenvalue weighted by Crippen LogP contribution is -2.59. The molecule has 272 valence electrons. The summed E-state index contributed by atoms with van der Waals surface area (Å²) in [4.78, 5) is 40.4. The van der Waals surface area contributed by atoms with Gasteiger partial charge in [-0.3, -0.25) is 14.2 Å². The highest BCUT2D eigenvalue weighted by molar-refractivity contribution is 7.90. The van der Waals surface area contributed by atoms with E-state index in [4.69, 9.17) is 28.2 Å². The number of hydrogen-bond donors (Lipinski definition) is 1. The van der Waals surface area contributed by atoms with Gasteiger partial charge in [-0.2, -0.15) is 8.42 Å². The summed E-state index contributed by atoms with van der Waals surface area (Å²) in [5.74, 6) is -0.795. The highest BCUT2D eigenvalue weighted by Crippen LogP contribution is 2.52. The predicted molar refractivity (Wildman–Crippen MR) is 190 cm³/mol. The van der Waals surface area contributed by atoms with Gasteiger partial charge in [0.15, 0.2) is 28.5 Å². The largest absolute Gasteiger partial charge is 0.459 e. The minimum absolute atomic E-state index is 0.0432. The van der Waals surface area contributed by atoms with Gasteiger partial charge in [-0.15, -0.1) is 0 Å². The lowest BCUT2D eigenvalue weighted by molar-refractivity contribution is -0.145. The van der Waals surface area contributed by atoms with E-state index in [1.54, 1.807) is 24.3 Å². The minimum atomic E-state index is -4.29. The quantitative estimate of drug-likeness (QED) is 0.210. The molecule has 4 unspecified atom stereocenters. The molecule has 1 aromatic carbocycles. The third kappa shape index (κ3) is 7.74. The van der Waals surface area contributed by atoms with Crippen LogP contribution >= 0.6 is 0 Å². The Morgan fingerprint density at radius 1 is 1.00 bits per heavy atom. The second-order valence-corrected chi connectivity index (χ2v) is 26.8. The van der Waals surface area contributed by atoms with Gasteiger partial charge >= 0.3 is 11.7 Å². The lowest BCUT2D eigenvalue weighted by Gasteiger charge is -2.43. The number of rotatable bonds is 10. The number of nitrogens with two attached hydrogens (primary N) is 1. The molecule has 13 nitrogen and oxygen atoms in total. The molecule has 4 rings (SSSR count). The monoisotopic (exact) mass is 737 g/mol. The van der Waals surface area contributed by atoms with E-state index in [0.717, 1.165) is 20.1 Å². The van der Waals surface area contributed by atoms with Gasteiger partial charge in [0, 0.05) is 11.8 Å². The fraction of sp³-hybridized carbons (Fsp3) is 0.606. The van der Waals surface area contributed by atoms with Crippen LogP contribution in [0.5, 0.6) is 0 Å². The topological polar surface area (TPSA) is 167 Å². The lowest BCUT2D eigenvalue weighted by atomic mass is 9.89. The van der Waals surface area contributed by atoms with Gasteiger partial charge < -0.3 is 24.1 Å². The van der Waals surface area contributed by atoms with Crippen molar-refractivity contribution in [2.75, 3.05) is 6.61 Å². The first-order chi connectivity index (χ1) is 22.3. The molecule has 1 aromatic heterocycles. The summed E-state index contributed by atoms with van der Waals surface area (Å²) < 4.78 is 59.4. The summed E-state index contributed by atoms with van der Waals surface area (Å²) in [5, 5.41) is 0.280. The molecule has 2 aromatic rings. The number of benzene rings is 1. The molecule has 0 radical (unpaired) electrons. The summed E-state index contributed by atoms with van der Waals surface area (Å²) in [5.41, 5.74) is 3.81. The summed E-state index contributed by atoms with van der Waals surface area (Å²) in [6.45, 7) is 20.9. The first-order valence-electron chi connectivity index (χ1n) is 16.3. The van der Waals surface area contributed by atoms with Crippen molar-refractivity contribution < 1.29 is 35.7 Å². The fourth-order valence-corrected chi connectivity index (χ4v) is 8.71. The number of carbonyl (C=O) groups is 1. The molecular formula is C33H51N3O10SSi2. The second-order valence-electron chi connectivity index (χ2n) is 15.9. The Kier molecular flexibility index (Phi) is 10.6. The van der Waals surface area contributed by atoms with Crippen LogP contribution in [-0.4, -0.2) is 64.6 Å². The number of aryl methyl sites for hydroxylation is 1. The maximum Gasteiger partial charge on any atom is 0.333 e. The molecule has 49 heavy (non-hydrogen) atoms. The number of esters is 1. The summed E-state index contributed by atoms with van der Waals surface area (Å²) >= 11 is 0. The molecule has 3 heterocycles. The molecule has 0 bridgehead atoms. The van der Waals surface area contributed by atoms with Crippen LogP contribution in [0.2, 0.25) is 36.3 Å². The van der Waals surface area contributed by atoms with Crippen LogP contribution in [-0.2, 0) is 50.6 Å². The molecule has 1 spiro atoms. The third-order valence-corrected chi connectivity index (χ3v) is 20.2. The highest BCUT2D eigenvalue weighted by Gasteiger charge is 2.67. The van der Waals surface area contributed by atoms with Gasteiger partial charge in [0.25, 0.3) is 15.7 Å². The maximum atomic E-state index is 14.2. The molecule has 2 N–H and O–H groups in total. The van der Waals surface area contributed by atoms with Crippen molar-refractivity contribution in [1.29, 1.82) is 0 Å². The van der Waals surface area contributed by atoms with E-state index in [1.807, 2.05) is 53.0 Å². The molecular weight excluding hydrogens is 687 g/mol. The van der Waals surface area contributed by atoms with Crippen molar-refractivity contribution in [3.8, 4) is 0 Å². The maximum absolute atomic E-state index is 14.2. The second kappa shape index (κ2) is 13.4. The first kappa shape index (κ1) is 38.9. The van der Waals surface area contributed by atoms with Crippen molar-refractivity contribution in [2.24, 2.45) is 5.73 Å². The SMILES string of the molecule is Cc1cn(C2OC(CO[Si](C)(C)C(C)(C)C)C3(OS(=O)(=O)C=C3N)C2O[Si](C)(C)C(C)(C)C)c(=O)n(CC(=O)OCc2ccccc2)c1=O. The third-order valence-electron chi connectivity index (χ3n) is 10.2. The molecule has 1 saturated heterocycles. The van der Waals surface area contributed by atoms with E-state index in [0.29, 0.717) is 0 Å². The van der Waals surface area contributed by atoms with Gasteiger partial charge in [-0.1, -0.05) is 71.9 Å². The van der Waals surface area contributed by atoms with Crippen molar-refractivity contribution in [3.63, 3.8) is 0 Å². The normalized spacial score (nSPS) is 24.3. The smallest absolute Gasteiger partial charge is 0.333 e. The Labute approximate surface area is 290 Å². The van der Waals surface area contributed by atoms with E-state index in [1.165, 1.54) is 13.1 Å². The van der Waals surface area contributed by atoms with Gasteiger partial charge in [0.05, 0.1) is 17.7 Å². The van der Waals surface area contributed by atoms with Crippen LogP contribution in [0.1, 0.15) is 58.9 Å². The van der Waals surface area contributed by atoms with E-state index in [2.05, 4.69) is 20.8 Å². The summed E-state index contributed by atoms with van der Waals surface area (Å²) in [6.07, 6.45) is -2.43. The molecule has 0 amide bonds. The zero-order valence-corrected chi connectivity index (χ0v) is 33.2. The highest BCUT2D eigenvalue weighted by atomic mass is 32.2. The van der Waals surface area contributed by atoms with Gasteiger partial charge in [0.1, 0.15) is 25.4 Å². The summed E-state index contributed by atoms with van der Waals surface area (Å²) in [7, 11) is -9.50. The first-order valence-corrected chi connectivity index (χ1v) is 23.5. The van der Waals surface area contributed by atoms with E-state index < -0.39 is 74.6 Å². The average Bonchev–Trinajstić information content (AvgIpc) is 3.40.